The Balaban J connectivity index is 1.64. The lowest BCUT2D eigenvalue weighted by Gasteiger charge is -2.35. The molecule has 0 saturated heterocycles. The highest BCUT2D eigenvalue weighted by molar-refractivity contribution is 5.96. The number of hydrogen-bond donors (Lipinski definition) is 0. The number of amidine groups is 1. The highest BCUT2D eigenvalue weighted by atomic mass is 15.3. The van der Waals surface area contributed by atoms with Gasteiger partial charge in [0.25, 0.3) is 0 Å². The van der Waals surface area contributed by atoms with Gasteiger partial charge in [0.2, 0.25) is 0 Å². The van der Waals surface area contributed by atoms with Gasteiger partial charge >= 0.3 is 0 Å². The molecule has 2 fully saturated rings. The Labute approximate surface area is 159 Å². The maximum Gasteiger partial charge on any atom is 0.144 e. The van der Waals surface area contributed by atoms with E-state index in [0.29, 0.717) is 6.04 Å². The van der Waals surface area contributed by atoms with E-state index in [0.717, 1.165) is 24.7 Å². The summed E-state index contributed by atoms with van der Waals surface area (Å²) in [6, 6.07) is 3.02. The van der Waals surface area contributed by atoms with Crippen LogP contribution in [0.5, 0.6) is 0 Å². The van der Waals surface area contributed by atoms with Crippen LogP contribution in [0, 0.1) is 5.92 Å². The van der Waals surface area contributed by atoms with Gasteiger partial charge in [-0.2, -0.15) is 0 Å². The third-order valence-corrected chi connectivity index (χ3v) is 6.85. The van der Waals surface area contributed by atoms with E-state index in [1.807, 2.05) is 0 Å². The molecule has 2 saturated carbocycles. The fourth-order valence-electron chi connectivity index (χ4n) is 5.34. The fourth-order valence-corrected chi connectivity index (χ4v) is 5.34. The Hall–Kier alpha value is -1.51. The molecule has 1 aromatic heterocycles. The lowest BCUT2D eigenvalue weighted by Crippen LogP contribution is -2.34. The molecule has 26 heavy (non-hydrogen) atoms. The van der Waals surface area contributed by atoms with Gasteiger partial charge in [0.05, 0.1) is 0 Å². The zero-order valence-electron chi connectivity index (χ0n) is 16.8. The van der Waals surface area contributed by atoms with E-state index in [-0.39, 0.29) is 0 Å². The first-order valence-corrected chi connectivity index (χ1v) is 10.9. The maximum absolute atomic E-state index is 5.13. The summed E-state index contributed by atoms with van der Waals surface area (Å²) in [4.78, 5) is 7.54. The first-order valence-electron chi connectivity index (χ1n) is 10.9. The van der Waals surface area contributed by atoms with Crippen LogP contribution >= 0.6 is 0 Å². The largest absolute Gasteiger partial charge is 0.330 e. The monoisotopic (exact) mass is 353 g/mol. The lowest BCUT2D eigenvalue weighted by molar-refractivity contribution is 0.312. The lowest BCUT2D eigenvalue weighted by atomic mass is 9.88. The normalized spacial score (nSPS) is 22.5. The van der Waals surface area contributed by atoms with Crippen LogP contribution in [0.1, 0.15) is 95.4 Å². The molecule has 1 aromatic rings. The quantitative estimate of drug-likeness (QED) is 0.607. The Bertz CT molecular complexity index is 685. The molecular weight excluding hydrogens is 318 g/mol. The van der Waals surface area contributed by atoms with E-state index in [9.17, 15) is 0 Å². The smallest absolute Gasteiger partial charge is 0.144 e. The van der Waals surface area contributed by atoms with E-state index in [2.05, 4.69) is 36.0 Å². The van der Waals surface area contributed by atoms with E-state index in [1.165, 1.54) is 87.0 Å². The predicted molar refractivity (Wildman–Crippen MR) is 111 cm³/mol. The average Bonchev–Trinajstić information content (AvgIpc) is 3.05. The van der Waals surface area contributed by atoms with Crippen LogP contribution in [0.15, 0.2) is 17.6 Å². The van der Waals surface area contributed by atoms with E-state index in [4.69, 9.17) is 4.99 Å². The minimum Gasteiger partial charge on any atom is -0.330 e. The van der Waals surface area contributed by atoms with Crippen LogP contribution in [0.2, 0.25) is 0 Å². The third-order valence-electron chi connectivity index (χ3n) is 6.85. The Kier molecular flexibility index (Phi) is 5.24. The number of aryl methyl sites for hydroxylation is 1. The second-order valence-corrected chi connectivity index (χ2v) is 8.61. The molecule has 0 unspecified atom stereocenters. The number of hydrogen-bond acceptors (Lipinski definition) is 2. The van der Waals surface area contributed by atoms with E-state index >= 15 is 0 Å². The minimum atomic E-state index is 0.636. The molecule has 0 bridgehead atoms. The van der Waals surface area contributed by atoms with E-state index in [1.54, 1.807) is 0 Å². The van der Waals surface area contributed by atoms with Gasteiger partial charge < -0.3 is 9.47 Å². The molecule has 0 N–H and O–H groups in total. The molecule has 142 valence electrons. The molecule has 3 heteroatoms. The topological polar surface area (TPSA) is 20.5 Å². The molecule has 0 spiro atoms. The molecule has 0 aromatic carbocycles. The molecule has 3 nitrogen and oxygen atoms in total. The van der Waals surface area contributed by atoms with Gasteiger partial charge in [-0.05, 0) is 51.0 Å². The summed E-state index contributed by atoms with van der Waals surface area (Å²) in [6.07, 6.45) is 14.7. The van der Waals surface area contributed by atoms with Crippen molar-refractivity contribution in [2.45, 2.75) is 90.5 Å². The number of nitrogens with zero attached hydrogens (tertiary/aromatic N) is 3. The van der Waals surface area contributed by atoms with Crippen LogP contribution in [0.25, 0.3) is 5.70 Å². The molecular formula is C23H35N3. The molecule has 0 atom stereocenters. The van der Waals surface area contributed by atoms with Crippen molar-refractivity contribution in [1.82, 2.24) is 9.47 Å². The van der Waals surface area contributed by atoms with Crippen molar-refractivity contribution >= 4 is 17.4 Å². The summed E-state index contributed by atoms with van der Waals surface area (Å²) in [5, 5.41) is 0. The van der Waals surface area contributed by atoms with Gasteiger partial charge in [0, 0.05) is 29.5 Å². The first kappa shape index (κ1) is 17.9. The molecule has 4 rings (SSSR count). The van der Waals surface area contributed by atoms with Crippen molar-refractivity contribution in [2.75, 3.05) is 6.54 Å². The minimum absolute atomic E-state index is 0.636. The standard InChI is InChI=1S/C23H35N3/c1-4-20-15-22-17(2)25(16-19-11-7-5-8-12-19)18(3)24-23(22)26(20)21-13-9-6-10-14-21/h15,19,21H,2,4-14,16H2,1,3H3. The van der Waals surface area contributed by atoms with Gasteiger partial charge in [-0.1, -0.05) is 52.0 Å². The highest BCUT2D eigenvalue weighted by Gasteiger charge is 2.30. The zero-order chi connectivity index (χ0) is 18.1. The van der Waals surface area contributed by atoms with Gasteiger partial charge in [0.15, 0.2) is 0 Å². The second-order valence-electron chi connectivity index (χ2n) is 8.61. The van der Waals surface area contributed by atoms with Crippen LogP contribution in [-0.4, -0.2) is 21.8 Å². The summed E-state index contributed by atoms with van der Waals surface area (Å²) < 4.78 is 2.57. The van der Waals surface area contributed by atoms with Crippen molar-refractivity contribution in [3.8, 4) is 0 Å². The van der Waals surface area contributed by atoms with Crippen LogP contribution in [0.4, 0.5) is 5.82 Å². The molecule has 0 radical (unpaired) electrons. The summed E-state index contributed by atoms with van der Waals surface area (Å²) >= 11 is 0. The van der Waals surface area contributed by atoms with Crippen LogP contribution < -0.4 is 0 Å². The SMILES string of the molecule is C=C1c2cc(CC)n(C3CCCCC3)c2N=C(C)N1CC1CCCCC1. The summed E-state index contributed by atoms with van der Waals surface area (Å²) in [6.45, 7) is 10.1. The number of aromatic nitrogens is 1. The molecule has 0 amide bonds. The number of fused-ring (bicyclic) bond motifs is 1. The van der Waals surface area contributed by atoms with Crippen molar-refractivity contribution in [2.24, 2.45) is 10.9 Å². The molecule has 3 aliphatic rings. The molecule has 2 heterocycles. The van der Waals surface area contributed by atoms with Crippen molar-refractivity contribution in [1.29, 1.82) is 0 Å². The van der Waals surface area contributed by atoms with Gasteiger partial charge in [0.1, 0.15) is 11.7 Å². The maximum atomic E-state index is 5.13. The Morgan fingerprint density at radius 2 is 1.69 bits per heavy atom. The van der Waals surface area contributed by atoms with Gasteiger partial charge in [-0.3, -0.25) is 0 Å². The Morgan fingerprint density at radius 1 is 1.04 bits per heavy atom. The molecule has 1 aliphatic heterocycles. The number of aliphatic imine (C=N–C) groups is 1. The van der Waals surface area contributed by atoms with Gasteiger partial charge in [-0.15, -0.1) is 0 Å². The zero-order valence-corrected chi connectivity index (χ0v) is 16.8. The van der Waals surface area contributed by atoms with Crippen LogP contribution in [0.3, 0.4) is 0 Å². The van der Waals surface area contributed by atoms with Gasteiger partial charge in [-0.25, -0.2) is 4.99 Å². The van der Waals surface area contributed by atoms with Crippen LogP contribution in [-0.2, 0) is 6.42 Å². The molecule has 2 aliphatic carbocycles. The Morgan fingerprint density at radius 3 is 2.35 bits per heavy atom. The van der Waals surface area contributed by atoms with E-state index < -0.39 is 0 Å². The number of rotatable bonds is 4. The third kappa shape index (κ3) is 3.25. The van der Waals surface area contributed by atoms with Crippen molar-refractivity contribution in [3.63, 3.8) is 0 Å². The average molecular weight is 354 g/mol. The van der Waals surface area contributed by atoms with Crippen molar-refractivity contribution in [3.05, 3.63) is 23.9 Å². The first-order chi connectivity index (χ1) is 12.7. The summed E-state index contributed by atoms with van der Waals surface area (Å²) in [7, 11) is 0. The second kappa shape index (κ2) is 7.62. The fraction of sp³-hybridized carbons (Fsp3) is 0.696. The summed E-state index contributed by atoms with van der Waals surface area (Å²) in [5.41, 5.74) is 3.91. The predicted octanol–water partition coefficient (Wildman–Crippen LogP) is 6.47. The summed E-state index contributed by atoms with van der Waals surface area (Å²) in [5.74, 6) is 3.14. The highest BCUT2D eigenvalue weighted by Crippen LogP contribution is 2.42. The van der Waals surface area contributed by atoms with Crippen molar-refractivity contribution < 1.29 is 0 Å².